The SMILES string of the molecule is O=C(Nc1ccc(S(=O)(=O)N2CCCC2)cc1)c1ccc(C(=O)Nc2ccc(S(=O)(=O)N3CCCC3)cc2)cc1. The fourth-order valence-electron chi connectivity index (χ4n) is 4.76. The van der Waals surface area contributed by atoms with Gasteiger partial charge in [0.15, 0.2) is 0 Å². The molecular weight excluding hydrogens is 552 g/mol. The van der Waals surface area contributed by atoms with Gasteiger partial charge < -0.3 is 10.6 Å². The number of benzene rings is 3. The van der Waals surface area contributed by atoms with E-state index in [-0.39, 0.29) is 9.79 Å². The highest BCUT2D eigenvalue weighted by molar-refractivity contribution is 7.89. The number of anilines is 2. The zero-order valence-corrected chi connectivity index (χ0v) is 23.4. The molecule has 2 aliphatic rings. The van der Waals surface area contributed by atoms with Crippen LogP contribution in [-0.2, 0) is 20.0 Å². The van der Waals surface area contributed by atoms with E-state index in [2.05, 4.69) is 10.6 Å². The molecule has 0 atom stereocenters. The van der Waals surface area contributed by atoms with E-state index in [1.807, 2.05) is 0 Å². The Morgan fingerprint density at radius 1 is 0.500 bits per heavy atom. The summed E-state index contributed by atoms with van der Waals surface area (Å²) >= 11 is 0. The molecule has 0 unspecified atom stereocenters. The highest BCUT2D eigenvalue weighted by Crippen LogP contribution is 2.24. The van der Waals surface area contributed by atoms with Crippen LogP contribution < -0.4 is 10.6 Å². The molecule has 0 radical (unpaired) electrons. The van der Waals surface area contributed by atoms with Gasteiger partial charge >= 0.3 is 0 Å². The second-order valence-electron chi connectivity index (χ2n) is 9.76. The van der Waals surface area contributed by atoms with Crippen LogP contribution in [0.4, 0.5) is 11.4 Å². The lowest BCUT2D eigenvalue weighted by Gasteiger charge is -2.16. The Balaban J connectivity index is 1.18. The summed E-state index contributed by atoms with van der Waals surface area (Å²) in [4.78, 5) is 25.8. The minimum absolute atomic E-state index is 0.186. The minimum atomic E-state index is -3.53. The van der Waals surface area contributed by atoms with E-state index < -0.39 is 31.9 Å². The van der Waals surface area contributed by atoms with Crippen molar-refractivity contribution in [3.05, 3.63) is 83.9 Å². The lowest BCUT2D eigenvalue weighted by Crippen LogP contribution is -2.27. The van der Waals surface area contributed by atoms with Crippen molar-refractivity contribution in [2.24, 2.45) is 0 Å². The van der Waals surface area contributed by atoms with Crippen LogP contribution in [0.5, 0.6) is 0 Å². The predicted molar refractivity (Wildman–Crippen MR) is 151 cm³/mol. The van der Waals surface area contributed by atoms with Gasteiger partial charge in [-0.2, -0.15) is 8.61 Å². The van der Waals surface area contributed by atoms with Crippen molar-refractivity contribution in [2.75, 3.05) is 36.8 Å². The lowest BCUT2D eigenvalue weighted by molar-refractivity contribution is 0.101. The molecule has 0 bridgehead atoms. The summed E-state index contributed by atoms with van der Waals surface area (Å²) in [6.45, 7) is 2.07. The van der Waals surface area contributed by atoms with Crippen molar-refractivity contribution in [1.82, 2.24) is 8.61 Å². The molecule has 0 aliphatic carbocycles. The first-order valence-electron chi connectivity index (χ1n) is 13.1. The monoisotopic (exact) mass is 582 g/mol. The molecule has 2 saturated heterocycles. The molecule has 2 N–H and O–H groups in total. The molecular formula is C28H30N4O6S2. The first kappa shape index (κ1) is 28.0. The summed E-state index contributed by atoms with van der Waals surface area (Å²) in [6.07, 6.45) is 3.41. The number of sulfonamides is 2. The second-order valence-corrected chi connectivity index (χ2v) is 13.6. The largest absolute Gasteiger partial charge is 0.322 e. The number of carbonyl (C=O) groups is 2. The molecule has 2 aliphatic heterocycles. The first-order chi connectivity index (χ1) is 19.1. The Bertz CT molecular complexity index is 1470. The van der Waals surface area contributed by atoms with Gasteiger partial charge in [0.05, 0.1) is 9.79 Å². The fourth-order valence-corrected chi connectivity index (χ4v) is 7.79. The van der Waals surface area contributed by atoms with E-state index in [0.29, 0.717) is 48.7 Å². The molecule has 3 aromatic rings. The van der Waals surface area contributed by atoms with Crippen LogP contribution in [0.25, 0.3) is 0 Å². The van der Waals surface area contributed by atoms with Gasteiger partial charge in [0.2, 0.25) is 20.0 Å². The number of rotatable bonds is 8. The van der Waals surface area contributed by atoms with Gasteiger partial charge in [-0.3, -0.25) is 9.59 Å². The third-order valence-electron chi connectivity index (χ3n) is 7.04. The Morgan fingerprint density at radius 3 is 1.10 bits per heavy atom. The maximum atomic E-state index is 12.7. The number of hydrogen-bond donors (Lipinski definition) is 2. The van der Waals surface area contributed by atoms with Crippen molar-refractivity contribution in [2.45, 2.75) is 35.5 Å². The minimum Gasteiger partial charge on any atom is -0.322 e. The van der Waals surface area contributed by atoms with Crippen molar-refractivity contribution < 1.29 is 26.4 Å². The number of nitrogens with one attached hydrogen (secondary N) is 2. The molecule has 0 saturated carbocycles. The van der Waals surface area contributed by atoms with Crippen molar-refractivity contribution in [3.8, 4) is 0 Å². The maximum Gasteiger partial charge on any atom is 0.255 e. The smallest absolute Gasteiger partial charge is 0.255 e. The third kappa shape index (κ3) is 5.94. The van der Waals surface area contributed by atoms with Gasteiger partial charge in [-0.25, -0.2) is 16.8 Å². The average Bonchev–Trinajstić information content (AvgIpc) is 3.70. The molecule has 12 heteroatoms. The highest BCUT2D eigenvalue weighted by atomic mass is 32.2. The van der Waals surface area contributed by atoms with E-state index in [9.17, 15) is 26.4 Å². The third-order valence-corrected chi connectivity index (χ3v) is 10.9. The van der Waals surface area contributed by atoms with Gasteiger partial charge in [-0.05, 0) is 98.5 Å². The van der Waals surface area contributed by atoms with Crippen LogP contribution in [0.3, 0.4) is 0 Å². The molecule has 3 aromatic carbocycles. The van der Waals surface area contributed by atoms with Crippen LogP contribution in [0.1, 0.15) is 46.4 Å². The van der Waals surface area contributed by atoms with Crippen LogP contribution in [0, 0.1) is 0 Å². The topological polar surface area (TPSA) is 133 Å². The molecule has 5 rings (SSSR count). The van der Waals surface area contributed by atoms with E-state index in [1.54, 1.807) is 24.3 Å². The summed E-state index contributed by atoms with van der Waals surface area (Å²) in [6, 6.07) is 18.2. The van der Waals surface area contributed by atoms with Crippen molar-refractivity contribution >= 4 is 43.2 Å². The number of amides is 2. The predicted octanol–water partition coefficient (Wildman–Crippen LogP) is 3.76. The van der Waals surface area contributed by atoms with E-state index in [4.69, 9.17) is 0 Å². The number of carbonyl (C=O) groups excluding carboxylic acids is 2. The Kier molecular flexibility index (Phi) is 8.04. The lowest BCUT2D eigenvalue weighted by atomic mass is 10.1. The summed E-state index contributed by atoms with van der Waals surface area (Å²) < 4.78 is 53.6. The second kappa shape index (κ2) is 11.5. The Morgan fingerprint density at radius 2 is 0.800 bits per heavy atom. The summed E-state index contributed by atoms with van der Waals surface area (Å²) in [5.41, 5.74) is 1.54. The summed E-state index contributed by atoms with van der Waals surface area (Å²) in [5.74, 6) is -0.811. The zero-order chi connectivity index (χ0) is 28.3. The fraction of sp³-hybridized carbons (Fsp3) is 0.286. The van der Waals surface area contributed by atoms with Crippen LogP contribution in [-0.4, -0.2) is 63.4 Å². The van der Waals surface area contributed by atoms with E-state index in [1.165, 1.54) is 57.1 Å². The van der Waals surface area contributed by atoms with Crippen molar-refractivity contribution in [3.63, 3.8) is 0 Å². The zero-order valence-electron chi connectivity index (χ0n) is 21.7. The number of hydrogen-bond acceptors (Lipinski definition) is 6. The van der Waals surface area contributed by atoms with Gasteiger partial charge in [-0.1, -0.05) is 0 Å². The maximum absolute atomic E-state index is 12.7. The van der Waals surface area contributed by atoms with Crippen LogP contribution in [0.2, 0.25) is 0 Å². The van der Waals surface area contributed by atoms with E-state index in [0.717, 1.165) is 25.7 Å². The molecule has 0 spiro atoms. The molecule has 2 amide bonds. The Hall–Kier alpha value is -3.58. The van der Waals surface area contributed by atoms with Crippen LogP contribution >= 0.6 is 0 Å². The average molecular weight is 583 g/mol. The first-order valence-corrected chi connectivity index (χ1v) is 16.0. The number of nitrogens with zero attached hydrogens (tertiary/aromatic N) is 2. The molecule has 0 aromatic heterocycles. The molecule has 2 fully saturated rings. The quantitative estimate of drug-likeness (QED) is 0.416. The normalized spacial score (nSPS) is 16.6. The van der Waals surface area contributed by atoms with E-state index >= 15 is 0 Å². The summed E-state index contributed by atoms with van der Waals surface area (Å²) in [7, 11) is -7.06. The van der Waals surface area contributed by atoms with Gasteiger partial charge in [0, 0.05) is 48.7 Å². The Labute approximate surface area is 234 Å². The van der Waals surface area contributed by atoms with Gasteiger partial charge in [0.1, 0.15) is 0 Å². The van der Waals surface area contributed by atoms with Crippen molar-refractivity contribution in [1.29, 1.82) is 0 Å². The van der Waals surface area contributed by atoms with Gasteiger partial charge in [0.25, 0.3) is 11.8 Å². The molecule has 210 valence electrons. The standard InChI is InChI=1S/C28H30N4O6S2/c33-27(29-23-9-13-25(14-10-23)39(35,36)31-17-1-2-18-31)21-5-7-22(8-6-21)28(34)30-24-11-15-26(16-12-24)40(37,38)32-19-3-4-20-32/h5-16H,1-4,17-20H2,(H,29,33)(H,30,34). The highest BCUT2D eigenvalue weighted by Gasteiger charge is 2.28. The molecule has 2 heterocycles. The molecule has 40 heavy (non-hydrogen) atoms. The van der Waals surface area contributed by atoms with Gasteiger partial charge in [-0.15, -0.1) is 0 Å². The molecule has 10 nitrogen and oxygen atoms in total. The van der Waals surface area contributed by atoms with Crippen LogP contribution in [0.15, 0.2) is 82.6 Å². The summed E-state index contributed by atoms with van der Waals surface area (Å²) in [5, 5.41) is 5.46.